The molecule has 0 saturated carbocycles. The lowest BCUT2D eigenvalue weighted by atomic mass is 9.95. The summed E-state index contributed by atoms with van der Waals surface area (Å²) in [6.07, 6.45) is 1.60. The van der Waals surface area contributed by atoms with Crippen LogP contribution in [0.4, 0.5) is 0 Å². The van der Waals surface area contributed by atoms with Crippen molar-refractivity contribution in [3.8, 4) is 0 Å². The van der Waals surface area contributed by atoms with Gasteiger partial charge in [0.2, 0.25) is 5.91 Å². The first-order valence-electron chi connectivity index (χ1n) is 16.8. The molecule has 0 bridgehead atoms. The van der Waals surface area contributed by atoms with E-state index in [1.165, 1.54) is 18.4 Å². The van der Waals surface area contributed by atoms with Gasteiger partial charge in [0.25, 0.3) is 5.91 Å². The van der Waals surface area contributed by atoms with E-state index < -0.39 is 26.4 Å². The van der Waals surface area contributed by atoms with Crippen LogP contribution in [-0.4, -0.2) is 56.3 Å². The molecule has 13 heteroatoms. The van der Waals surface area contributed by atoms with E-state index in [1.54, 1.807) is 12.3 Å². The number of azide groups is 1. The Kier molecular flexibility index (Phi) is 15.8. The number of thiazole rings is 1. The van der Waals surface area contributed by atoms with Crippen molar-refractivity contribution >= 4 is 37.4 Å². The van der Waals surface area contributed by atoms with E-state index in [0.29, 0.717) is 30.7 Å². The number of carbonyl (C=O) groups excluding carboxylic acids is 3. The van der Waals surface area contributed by atoms with Crippen molar-refractivity contribution < 1.29 is 23.5 Å². The van der Waals surface area contributed by atoms with Gasteiger partial charge in [-0.25, -0.2) is 4.98 Å². The minimum atomic E-state index is -2.33. The average Bonchev–Trinajstić information content (AvgIpc) is 3.52. The normalized spacial score (nSPS) is 15.8. The van der Waals surface area contributed by atoms with Crippen LogP contribution in [0.3, 0.4) is 0 Å². The highest BCUT2D eigenvalue weighted by atomic mass is 32.1. The molecule has 0 aliphatic rings. The number of methoxy groups -OCH3 is 1. The van der Waals surface area contributed by atoms with Crippen LogP contribution >= 0.6 is 11.3 Å². The highest BCUT2D eigenvalue weighted by Crippen LogP contribution is 2.41. The molecule has 0 saturated heterocycles. The first-order chi connectivity index (χ1) is 22.4. The van der Waals surface area contributed by atoms with Gasteiger partial charge in [-0.05, 0) is 60.3 Å². The number of ether oxygens (including phenoxy) is 1. The Labute approximate surface area is 291 Å². The van der Waals surface area contributed by atoms with Crippen LogP contribution in [0, 0.1) is 17.8 Å². The number of nitrogens with zero attached hydrogens (tertiary/aromatic N) is 4. The van der Waals surface area contributed by atoms with Crippen molar-refractivity contribution in [3.05, 3.63) is 62.4 Å². The van der Waals surface area contributed by atoms with Crippen molar-refractivity contribution in [1.82, 2.24) is 15.6 Å². The third kappa shape index (κ3) is 12.0. The van der Waals surface area contributed by atoms with Gasteiger partial charge in [-0.1, -0.05) is 97.3 Å². The lowest BCUT2D eigenvalue weighted by Gasteiger charge is -2.40. The van der Waals surface area contributed by atoms with Crippen molar-refractivity contribution in [1.29, 1.82) is 0 Å². The van der Waals surface area contributed by atoms with Gasteiger partial charge >= 0.3 is 5.97 Å². The molecule has 266 valence electrons. The van der Waals surface area contributed by atoms with Crippen molar-refractivity contribution in [3.63, 3.8) is 0 Å². The minimum Gasteiger partial charge on any atom is -0.469 e. The summed E-state index contributed by atoms with van der Waals surface area (Å²) in [6.45, 7) is 20.5. The summed E-state index contributed by atoms with van der Waals surface area (Å²) < 4.78 is 11.9. The fourth-order valence-corrected chi connectivity index (χ4v) is 7.24. The summed E-state index contributed by atoms with van der Waals surface area (Å²) in [5.74, 6) is -1.45. The van der Waals surface area contributed by atoms with Crippen LogP contribution < -0.4 is 10.6 Å². The minimum absolute atomic E-state index is 0.0430. The van der Waals surface area contributed by atoms with Crippen molar-refractivity contribution in [2.45, 2.75) is 123 Å². The van der Waals surface area contributed by atoms with Gasteiger partial charge < -0.3 is 19.8 Å². The number of esters is 1. The summed E-state index contributed by atoms with van der Waals surface area (Å²) in [5, 5.41) is 12.4. The number of carbonyl (C=O) groups is 3. The molecule has 1 aromatic carbocycles. The van der Waals surface area contributed by atoms with Crippen molar-refractivity contribution in [2.24, 2.45) is 22.9 Å². The largest absolute Gasteiger partial charge is 0.469 e. The number of hydrogen-bond acceptors (Lipinski definition) is 8. The zero-order valence-corrected chi connectivity index (χ0v) is 32.4. The fraction of sp³-hybridized carbons (Fsp3) is 0.657. The average molecular weight is 701 g/mol. The van der Waals surface area contributed by atoms with Crippen LogP contribution in [0.2, 0.25) is 18.1 Å². The Hall–Kier alpha value is -3.25. The van der Waals surface area contributed by atoms with Crippen LogP contribution in [0.5, 0.6) is 0 Å². The Balaban J connectivity index is 2.41. The monoisotopic (exact) mass is 700 g/mol. The standard InChI is InChI=1S/C35H56N6O5SSi/c1-12-23(4)30(40-41-36)32(43)38-27(22(2)3)20-29(46-48(10,11)35(6,7)8)33-39-28(21-47-33)31(42)37-26(18-24(5)34(44)45-9)19-25-16-14-13-15-17-25/h13-17,21-24,26-27,29-30H,12,18-20H2,1-11H3,(H,37,42)(H,38,43)/t23-,24-,26+,27+,29+,30?/m0/s1. The molecule has 0 fully saturated rings. The molecule has 0 aliphatic heterocycles. The second-order valence-electron chi connectivity index (χ2n) is 14.6. The Morgan fingerprint density at radius 2 is 1.71 bits per heavy atom. The van der Waals surface area contributed by atoms with E-state index in [2.05, 4.69) is 54.5 Å². The molecule has 11 nitrogen and oxygen atoms in total. The first-order valence-corrected chi connectivity index (χ1v) is 20.6. The van der Waals surface area contributed by atoms with Crippen molar-refractivity contribution in [2.75, 3.05) is 7.11 Å². The van der Waals surface area contributed by atoms with E-state index in [1.807, 2.05) is 58.0 Å². The van der Waals surface area contributed by atoms with Crippen LogP contribution in [0.25, 0.3) is 10.4 Å². The van der Waals surface area contributed by atoms with Gasteiger partial charge in [-0.2, -0.15) is 0 Å². The molecule has 0 spiro atoms. The van der Waals surface area contributed by atoms with Crippen LogP contribution in [0.1, 0.15) is 102 Å². The zero-order valence-electron chi connectivity index (χ0n) is 30.6. The molecule has 48 heavy (non-hydrogen) atoms. The molecule has 6 atom stereocenters. The van der Waals surface area contributed by atoms with Gasteiger partial charge in [-0.15, -0.1) is 11.3 Å². The number of rotatable bonds is 18. The molecule has 2 N–H and O–H groups in total. The SMILES string of the molecule is CC[C@H](C)C(N=[N+]=[N-])C(=O)N[C@H](C[C@@H](O[Si](C)(C)C(C)(C)C)c1nc(C(=O)N[C@@H](Cc2ccccc2)C[C@H](C)C(=O)OC)cs1)C(C)C. The summed E-state index contributed by atoms with van der Waals surface area (Å²) in [5.41, 5.74) is 10.4. The van der Waals surface area contributed by atoms with E-state index in [4.69, 9.17) is 19.7 Å². The summed E-state index contributed by atoms with van der Waals surface area (Å²) in [6, 6.07) is 8.37. The quantitative estimate of drug-likeness (QED) is 0.0528. The maximum Gasteiger partial charge on any atom is 0.308 e. The molecule has 2 amide bonds. The third-order valence-corrected chi connectivity index (χ3v) is 14.8. The first kappa shape index (κ1) is 40.9. The second-order valence-corrected chi connectivity index (χ2v) is 20.2. The zero-order chi connectivity index (χ0) is 36.2. The highest BCUT2D eigenvalue weighted by Gasteiger charge is 2.41. The lowest BCUT2D eigenvalue weighted by molar-refractivity contribution is -0.145. The van der Waals surface area contributed by atoms with E-state index >= 15 is 0 Å². The number of aromatic nitrogens is 1. The molecule has 1 unspecified atom stereocenters. The van der Waals surface area contributed by atoms with Gasteiger partial charge in [0.05, 0.1) is 19.1 Å². The molecule has 1 aromatic heterocycles. The molecule has 1 heterocycles. The second kappa shape index (κ2) is 18.5. The summed E-state index contributed by atoms with van der Waals surface area (Å²) in [7, 11) is -0.964. The molecular weight excluding hydrogens is 645 g/mol. The van der Waals surface area contributed by atoms with Gasteiger partial charge in [0.15, 0.2) is 8.32 Å². The fourth-order valence-electron chi connectivity index (χ4n) is 5.05. The Morgan fingerprint density at radius 3 is 2.25 bits per heavy atom. The highest BCUT2D eigenvalue weighted by molar-refractivity contribution is 7.10. The number of nitrogens with one attached hydrogen (secondary N) is 2. The number of benzene rings is 1. The van der Waals surface area contributed by atoms with Crippen LogP contribution in [0.15, 0.2) is 40.8 Å². The van der Waals surface area contributed by atoms with Crippen LogP contribution in [-0.2, 0) is 25.2 Å². The lowest BCUT2D eigenvalue weighted by Crippen LogP contribution is -2.47. The molecular formula is C35H56N6O5SSi. The topological polar surface area (TPSA) is 155 Å². The molecule has 0 radical (unpaired) electrons. The predicted molar refractivity (Wildman–Crippen MR) is 194 cm³/mol. The third-order valence-electron chi connectivity index (χ3n) is 9.40. The predicted octanol–water partition coefficient (Wildman–Crippen LogP) is 8.00. The molecule has 0 aliphatic carbocycles. The Bertz CT molecular complexity index is 1390. The maximum absolute atomic E-state index is 13.6. The van der Waals surface area contributed by atoms with E-state index in [0.717, 1.165) is 5.56 Å². The smallest absolute Gasteiger partial charge is 0.308 e. The molecule has 2 aromatic rings. The Morgan fingerprint density at radius 1 is 1.06 bits per heavy atom. The van der Waals surface area contributed by atoms with Gasteiger partial charge in [0, 0.05) is 22.4 Å². The van der Waals surface area contributed by atoms with E-state index in [-0.39, 0.29) is 52.4 Å². The number of hydrogen-bond donors (Lipinski definition) is 2. The maximum atomic E-state index is 13.6. The van der Waals surface area contributed by atoms with Gasteiger partial charge in [-0.3, -0.25) is 14.4 Å². The van der Waals surface area contributed by atoms with Gasteiger partial charge in [0.1, 0.15) is 16.7 Å². The summed E-state index contributed by atoms with van der Waals surface area (Å²) in [4.78, 5) is 47.0. The van der Waals surface area contributed by atoms with E-state index in [9.17, 15) is 14.4 Å². The number of amides is 2. The summed E-state index contributed by atoms with van der Waals surface area (Å²) >= 11 is 1.36. The molecule has 2 rings (SSSR count).